The van der Waals surface area contributed by atoms with Crippen LogP contribution < -0.4 is 5.32 Å². The van der Waals surface area contributed by atoms with Crippen molar-refractivity contribution in [1.82, 2.24) is 5.32 Å². The molecule has 7 heteroatoms. The van der Waals surface area contributed by atoms with Crippen LogP contribution in [0.3, 0.4) is 0 Å². The molecule has 1 aromatic carbocycles. The first-order chi connectivity index (χ1) is 9.74. The van der Waals surface area contributed by atoms with Gasteiger partial charge in [-0.05, 0) is 43.4 Å². The van der Waals surface area contributed by atoms with Crippen LogP contribution in [0.25, 0.3) is 0 Å². The minimum Gasteiger partial charge on any atom is -0.349 e. The number of aryl methyl sites for hydroxylation is 1. The van der Waals surface area contributed by atoms with Crippen LogP contribution in [0, 0.1) is 18.7 Å². The van der Waals surface area contributed by atoms with Gasteiger partial charge in [-0.3, -0.25) is 4.79 Å². The van der Waals surface area contributed by atoms with E-state index in [1.807, 2.05) is 0 Å². The number of carbonyl (C=O) groups excluding carboxylic acids is 1. The van der Waals surface area contributed by atoms with E-state index in [0.29, 0.717) is 5.92 Å². The lowest BCUT2D eigenvalue weighted by Crippen LogP contribution is -2.27. The highest BCUT2D eigenvalue weighted by atomic mass is 35.7. The van der Waals surface area contributed by atoms with Gasteiger partial charge in [0.25, 0.3) is 15.0 Å². The summed E-state index contributed by atoms with van der Waals surface area (Å²) in [4.78, 5) is 11.5. The highest BCUT2D eigenvalue weighted by molar-refractivity contribution is 8.13. The van der Waals surface area contributed by atoms with E-state index in [4.69, 9.17) is 10.7 Å². The molecule has 21 heavy (non-hydrogen) atoms. The second-order valence-electron chi connectivity index (χ2n) is 5.41. The van der Waals surface area contributed by atoms with Gasteiger partial charge < -0.3 is 5.32 Å². The maximum atomic E-state index is 13.8. The molecule has 0 bridgehead atoms. The van der Waals surface area contributed by atoms with Gasteiger partial charge in [0.1, 0.15) is 10.7 Å². The molecule has 1 amide bonds. The molecule has 0 heterocycles. The molecule has 2 atom stereocenters. The maximum Gasteiger partial charge on any atom is 0.264 e. The average Bonchev–Trinajstić information content (AvgIpc) is 3.09. The van der Waals surface area contributed by atoms with Crippen molar-refractivity contribution < 1.29 is 17.6 Å². The Hall–Kier alpha value is -1.14. The number of halogens is 2. The summed E-state index contributed by atoms with van der Waals surface area (Å²) in [5.41, 5.74) is 0.179. The summed E-state index contributed by atoms with van der Waals surface area (Å²) in [5, 5.41) is 2.83. The van der Waals surface area contributed by atoms with Gasteiger partial charge in [0.2, 0.25) is 0 Å². The van der Waals surface area contributed by atoms with E-state index in [1.54, 1.807) is 0 Å². The van der Waals surface area contributed by atoms with E-state index in [2.05, 4.69) is 12.2 Å². The fraction of sp³-hybridized carbons (Fsp3) is 0.500. The zero-order valence-corrected chi connectivity index (χ0v) is 13.4. The second kappa shape index (κ2) is 5.93. The number of nitrogens with one attached hydrogen (secondary N) is 1. The Labute approximate surface area is 128 Å². The predicted molar refractivity (Wildman–Crippen MR) is 78.4 cm³/mol. The van der Waals surface area contributed by atoms with Crippen molar-refractivity contribution in [1.29, 1.82) is 0 Å². The van der Waals surface area contributed by atoms with Gasteiger partial charge >= 0.3 is 0 Å². The van der Waals surface area contributed by atoms with Crippen LogP contribution in [0.1, 0.15) is 42.1 Å². The largest absolute Gasteiger partial charge is 0.349 e. The molecule has 0 aliphatic heterocycles. The molecular weight excluding hydrogens is 317 g/mol. The summed E-state index contributed by atoms with van der Waals surface area (Å²) in [7, 11) is 0.968. The topological polar surface area (TPSA) is 63.2 Å². The molecule has 0 saturated heterocycles. The number of carbonyl (C=O) groups is 1. The van der Waals surface area contributed by atoms with Crippen LogP contribution in [-0.2, 0) is 9.05 Å². The lowest BCUT2D eigenvalue weighted by atomic mass is 10.1. The van der Waals surface area contributed by atoms with Crippen molar-refractivity contribution in [2.75, 3.05) is 0 Å². The molecule has 2 unspecified atom stereocenters. The van der Waals surface area contributed by atoms with Gasteiger partial charge in [-0.2, -0.15) is 0 Å². The van der Waals surface area contributed by atoms with Crippen molar-refractivity contribution in [2.45, 2.75) is 44.0 Å². The Kier molecular flexibility index (Phi) is 4.58. The molecule has 0 spiro atoms. The summed E-state index contributed by atoms with van der Waals surface area (Å²) in [6, 6.07) is 2.43. The third kappa shape index (κ3) is 3.74. The Balaban J connectivity index is 2.21. The quantitative estimate of drug-likeness (QED) is 0.842. The summed E-state index contributed by atoms with van der Waals surface area (Å²) in [6.07, 6.45) is 3.04. The van der Waals surface area contributed by atoms with E-state index in [1.165, 1.54) is 13.0 Å². The molecular formula is C14H17ClFNO3S. The Morgan fingerprint density at radius 2 is 2.14 bits per heavy atom. The summed E-state index contributed by atoms with van der Waals surface area (Å²) >= 11 is 0. The third-order valence-electron chi connectivity index (χ3n) is 3.64. The molecule has 0 radical (unpaired) electrons. The van der Waals surface area contributed by atoms with Gasteiger partial charge in [-0.1, -0.05) is 13.3 Å². The van der Waals surface area contributed by atoms with Crippen molar-refractivity contribution in [3.05, 3.63) is 29.1 Å². The van der Waals surface area contributed by atoms with Gasteiger partial charge in [-0.15, -0.1) is 0 Å². The van der Waals surface area contributed by atoms with Crippen molar-refractivity contribution in [3.63, 3.8) is 0 Å². The van der Waals surface area contributed by atoms with Gasteiger partial charge in [-0.25, -0.2) is 12.8 Å². The average molecular weight is 334 g/mol. The first-order valence-electron chi connectivity index (χ1n) is 6.79. The van der Waals surface area contributed by atoms with Crippen LogP contribution in [0.4, 0.5) is 4.39 Å². The molecule has 1 saturated carbocycles. The monoisotopic (exact) mass is 333 g/mol. The summed E-state index contributed by atoms with van der Waals surface area (Å²) < 4.78 is 36.5. The van der Waals surface area contributed by atoms with Crippen LogP contribution >= 0.6 is 10.7 Å². The fourth-order valence-corrected chi connectivity index (χ4v) is 3.39. The molecule has 1 aliphatic carbocycles. The van der Waals surface area contributed by atoms with Crippen LogP contribution in [0.5, 0.6) is 0 Å². The molecule has 1 fully saturated rings. The first kappa shape index (κ1) is 16.2. The lowest BCUT2D eigenvalue weighted by Gasteiger charge is -2.08. The Morgan fingerprint density at radius 1 is 1.48 bits per heavy atom. The van der Waals surface area contributed by atoms with E-state index in [0.717, 1.165) is 25.3 Å². The number of rotatable bonds is 5. The van der Waals surface area contributed by atoms with Crippen LogP contribution in [-0.4, -0.2) is 20.4 Å². The van der Waals surface area contributed by atoms with Crippen LogP contribution in [0.2, 0.25) is 0 Å². The van der Waals surface area contributed by atoms with Crippen molar-refractivity contribution in [3.8, 4) is 0 Å². The molecule has 1 N–H and O–H groups in total. The highest BCUT2D eigenvalue weighted by Crippen LogP contribution is 2.35. The molecule has 1 aliphatic rings. The lowest BCUT2D eigenvalue weighted by molar-refractivity contribution is 0.0948. The Morgan fingerprint density at radius 3 is 2.71 bits per heavy atom. The maximum absolute atomic E-state index is 13.8. The zero-order chi connectivity index (χ0) is 15.8. The van der Waals surface area contributed by atoms with Gasteiger partial charge in [0.05, 0.1) is 0 Å². The fourth-order valence-electron chi connectivity index (χ4n) is 2.41. The normalized spacial score (nSPS) is 21.1. The van der Waals surface area contributed by atoms with E-state index >= 15 is 0 Å². The third-order valence-corrected chi connectivity index (χ3v) is 4.97. The highest BCUT2D eigenvalue weighted by Gasteiger charge is 2.37. The molecule has 0 aromatic heterocycles. The SMILES string of the molecule is CCCC1CC1NC(=O)c1cc(C)c(F)c(S(=O)(=O)Cl)c1. The number of hydrogen-bond donors (Lipinski definition) is 1. The minimum absolute atomic E-state index is 0.0720. The van der Waals surface area contributed by atoms with E-state index in [9.17, 15) is 17.6 Å². The predicted octanol–water partition coefficient (Wildman–Crippen LogP) is 2.98. The molecule has 2 rings (SSSR count). The number of benzene rings is 1. The summed E-state index contributed by atoms with van der Waals surface area (Å²) in [5.74, 6) is -0.836. The van der Waals surface area contributed by atoms with Gasteiger partial charge in [0, 0.05) is 22.3 Å². The molecule has 1 aromatic rings. The standard InChI is InChI=1S/C14H17ClFNO3S/c1-3-4-9-6-11(9)17-14(18)10-5-8(2)13(16)12(7-10)21(15,19)20/h5,7,9,11H,3-4,6H2,1-2H3,(H,17,18). The smallest absolute Gasteiger partial charge is 0.264 e. The van der Waals surface area contributed by atoms with E-state index < -0.39 is 25.7 Å². The summed E-state index contributed by atoms with van der Waals surface area (Å²) in [6.45, 7) is 3.48. The van der Waals surface area contributed by atoms with Crippen LogP contribution in [0.15, 0.2) is 17.0 Å². The number of amides is 1. The second-order valence-corrected chi connectivity index (χ2v) is 7.94. The van der Waals surface area contributed by atoms with Crippen molar-refractivity contribution in [2.24, 2.45) is 5.92 Å². The Bertz CT molecular complexity index is 675. The van der Waals surface area contributed by atoms with Gasteiger partial charge in [0.15, 0.2) is 0 Å². The molecule has 116 valence electrons. The molecule has 4 nitrogen and oxygen atoms in total. The van der Waals surface area contributed by atoms with E-state index in [-0.39, 0.29) is 17.2 Å². The zero-order valence-electron chi connectivity index (χ0n) is 11.8. The number of hydrogen-bond acceptors (Lipinski definition) is 3. The van der Waals surface area contributed by atoms with Crippen molar-refractivity contribution >= 4 is 25.6 Å². The minimum atomic E-state index is -4.23. The first-order valence-corrected chi connectivity index (χ1v) is 9.10.